The van der Waals surface area contributed by atoms with Crippen LogP contribution < -0.4 is 5.32 Å². The second-order valence-corrected chi connectivity index (χ2v) is 8.34. The normalized spacial score (nSPS) is 15.5. The predicted octanol–water partition coefficient (Wildman–Crippen LogP) is 3.26. The van der Waals surface area contributed by atoms with E-state index in [0.29, 0.717) is 22.8 Å². The van der Waals surface area contributed by atoms with Gasteiger partial charge in [0.15, 0.2) is 11.5 Å². The summed E-state index contributed by atoms with van der Waals surface area (Å²) in [5.41, 5.74) is 6.23. The van der Waals surface area contributed by atoms with Gasteiger partial charge in [0.25, 0.3) is 0 Å². The van der Waals surface area contributed by atoms with E-state index in [-0.39, 0.29) is 24.1 Å². The summed E-state index contributed by atoms with van der Waals surface area (Å²) in [5, 5.41) is 12.4. The molecule has 2 N–H and O–H groups in total. The zero-order valence-corrected chi connectivity index (χ0v) is 18.7. The molecule has 0 spiro atoms. The summed E-state index contributed by atoms with van der Waals surface area (Å²) in [6.45, 7) is 5.80. The number of nitrogens with zero attached hydrogens (tertiary/aromatic N) is 7. The maximum absolute atomic E-state index is 13.5. The molecule has 5 heterocycles. The Bertz CT molecular complexity index is 1580. The molecule has 1 aliphatic heterocycles. The highest BCUT2D eigenvalue weighted by Gasteiger charge is 2.36. The molecule has 0 aliphatic carbocycles. The van der Waals surface area contributed by atoms with E-state index in [1.54, 1.807) is 27.8 Å². The first-order valence-electron chi connectivity index (χ1n) is 10.8. The van der Waals surface area contributed by atoms with Gasteiger partial charge in [-0.05, 0) is 45.0 Å². The van der Waals surface area contributed by atoms with Crippen molar-refractivity contribution < 1.29 is 9.18 Å². The smallest absolute Gasteiger partial charge is 0.226 e. The van der Waals surface area contributed by atoms with Crippen LogP contribution in [0.2, 0.25) is 0 Å². The zero-order chi connectivity index (χ0) is 23.6. The maximum atomic E-state index is 13.5. The minimum atomic E-state index is -0.307. The number of benzene rings is 1. The molecular weight excluding hydrogens is 437 g/mol. The molecule has 170 valence electrons. The molecule has 6 rings (SSSR count). The summed E-state index contributed by atoms with van der Waals surface area (Å²) >= 11 is 0. The van der Waals surface area contributed by atoms with Gasteiger partial charge in [-0.1, -0.05) is 0 Å². The van der Waals surface area contributed by atoms with Crippen molar-refractivity contribution in [2.24, 2.45) is 0 Å². The van der Waals surface area contributed by atoms with Gasteiger partial charge < -0.3 is 10.3 Å². The van der Waals surface area contributed by atoms with E-state index in [9.17, 15) is 9.18 Å². The number of H-pyrrole nitrogens is 1. The Hall–Kier alpha value is -4.41. The number of nitrogens with one attached hydrogen (secondary N) is 2. The Labute approximate surface area is 192 Å². The number of aromatic nitrogens is 8. The number of hydrogen-bond donors (Lipinski definition) is 2. The summed E-state index contributed by atoms with van der Waals surface area (Å²) in [5.74, 6) is 0.399. The number of amides is 1. The lowest BCUT2D eigenvalue weighted by atomic mass is 9.84. The first-order chi connectivity index (χ1) is 16.4. The first kappa shape index (κ1) is 20.2. The van der Waals surface area contributed by atoms with E-state index < -0.39 is 0 Å². The lowest BCUT2D eigenvalue weighted by Crippen LogP contribution is -2.25. The highest BCUT2D eigenvalue weighted by Crippen LogP contribution is 2.42. The average molecular weight is 457 g/mol. The van der Waals surface area contributed by atoms with Gasteiger partial charge in [0.2, 0.25) is 5.91 Å². The van der Waals surface area contributed by atoms with Crippen LogP contribution in [-0.4, -0.2) is 45.4 Å². The number of halogens is 1. The second kappa shape index (κ2) is 7.30. The van der Waals surface area contributed by atoms with Gasteiger partial charge in [0, 0.05) is 29.2 Å². The van der Waals surface area contributed by atoms with E-state index in [2.05, 4.69) is 25.3 Å². The van der Waals surface area contributed by atoms with Crippen molar-refractivity contribution in [1.82, 2.24) is 39.5 Å². The van der Waals surface area contributed by atoms with Crippen LogP contribution in [0.1, 0.15) is 40.5 Å². The van der Waals surface area contributed by atoms with Crippen molar-refractivity contribution in [1.29, 1.82) is 0 Å². The van der Waals surface area contributed by atoms with E-state index in [1.807, 2.05) is 20.8 Å². The molecule has 0 saturated heterocycles. The fraction of sp³-hybridized carbons (Fsp3) is 0.217. The quantitative estimate of drug-likeness (QED) is 0.429. The van der Waals surface area contributed by atoms with Crippen LogP contribution in [0.25, 0.3) is 22.7 Å². The van der Waals surface area contributed by atoms with Gasteiger partial charge in [0.1, 0.15) is 23.5 Å². The monoisotopic (exact) mass is 457 g/mol. The number of carbonyl (C=O) groups is 1. The van der Waals surface area contributed by atoms with Gasteiger partial charge in [-0.25, -0.2) is 24.0 Å². The molecule has 1 aromatic carbocycles. The fourth-order valence-corrected chi connectivity index (χ4v) is 4.85. The number of aryl methyl sites for hydroxylation is 2. The number of carbonyl (C=O) groups excluding carboxylic acids is 1. The molecule has 1 unspecified atom stereocenters. The standard InChI is InChI=1S/C23H20FN9O/c1-11-18(13(3)32(30-11)15-6-4-14(24)5-7-15)16-8-17(34)29-22-19(16)12(2)31-33(22)23-20-21(26-9-25-20)27-10-28-23/h4-7,9-10,16H,8H2,1-3H3,(H,29,34)(H,25,26,27,28). The maximum Gasteiger partial charge on any atom is 0.226 e. The minimum Gasteiger partial charge on any atom is -0.340 e. The molecule has 10 nitrogen and oxygen atoms in total. The van der Waals surface area contributed by atoms with Crippen LogP contribution in [0.5, 0.6) is 0 Å². The summed E-state index contributed by atoms with van der Waals surface area (Å²) in [7, 11) is 0. The number of aromatic amines is 1. The van der Waals surface area contributed by atoms with Crippen LogP contribution in [0, 0.1) is 26.6 Å². The van der Waals surface area contributed by atoms with Crippen molar-refractivity contribution in [3.05, 3.63) is 70.9 Å². The van der Waals surface area contributed by atoms with E-state index >= 15 is 0 Å². The molecule has 1 amide bonds. The molecule has 0 fully saturated rings. The number of fused-ring (bicyclic) bond motifs is 2. The molecule has 5 aromatic rings. The minimum absolute atomic E-state index is 0.123. The second-order valence-electron chi connectivity index (χ2n) is 8.34. The highest BCUT2D eigenvalue weighted by molar-refractivity contribution is 5.95. The van der Waals surface area contributed by atoms with E-state index in [4.69, 9.17) is 10.2 Å². The molecule has 0 bridgehead atoms. The van der Waals surface area contributed by atoms with Crippen molar-refractivity contribution in [3.63, 3.8) is 0 Å². The van der Waals surface area contributed by atoms with Crippen molar-refractivity contribution in [2.75, 3.05) is 5.32 Å². The summed E-state index contributed by atoms with van der Waals surface area (Å²) < 4.78 is 16.9. The van der Waals surface area contributed by atoms with E-state index in [0.717, 1.165) is 33.9 Å². The largest absolute Gasteiger partial charge is 0.340 e. The predicted molar refractivity (Wildman–Crippen MR) is 122 cm³/mol. The van der Waals surface area contributed by atoms with Crippen LogP contribution in [0.3, 0.4) is 0 Å². The summed E-state index contributed by atoms with van der Waals surface area (Å²) in [6, 6.07) is 6.19. The van der Waals surface area contributed by atoms with Crippen LogP contribution in [0.15, 0.2) is 36.9 Å². The Morgan fingerprint density at radius 1 is 0.971 bits per heavy atom. The zero-order valence-electron chi connectivity index (χ0n) is 18.7. The Balaban J connectivity index is 1.53. The van der Waals surface area contributed by atoms with Gasteiger partial charge in [-0.15, -0.1) is 0 Å². The Kier molecular flexibility index (Phi) is 4.34. The highest BCUT2D eigenvalue weighted by atomic mass is 19.1. The van der Waals surface area contributed by atoms with E-state index in [1.165, 1.54) is 18.5 Å². The average Bonchev–Trinajstić information content (AvgIpc) is 3.50. The Morgan fingerprint density at radius 2 is 1.71 bits per heavy atom. The van der Waals surface area contributed by atoms with Crippen LogP contribution in [0.4, 0.5) is 10.2 Å². The van der Waals surface area contributed by atoms with Crippen LogP contribution >= 0.6 is 0 Å². The Morgan fingerprint density at radius 3 is 2.50 bits per heavy atom. The third kappa shape index (κ3) is 2.93. The number of hydrogen-bond acceptors (Lipinski definition) is 6. The third-order valence-corrected chi connectivity index (χ3v) is 6.27. The first-order valence-corrected chi connectivity index (χ1v) is 10.8. The van der Waals surface area contributed by atoms with Gasteiger partial charge in [-0.3, -0.25) is 4.79 Å². The molecule has 11 heteroatoms. The molecule has 1 aliphatic rings. The summed E-state index contributed by atoms with van der Waals surface area (Å²) in [6.07, 6.45) is 3.23. The summed E-state index contributed by atoms with van der Waals surface area (Å²) in [4.78, 5) is 28.7. The molecule has 4 aromatic heterocycles. The van der Waals surface area contributed by atoms with Crippen molar-refractivity contribution >= 4 is 22.9 Å². The molecule has 0 saturated carbocycles. The van der Waals surface area contributed by atoms with Gasteiger partial charge in [-0.2, -0.15) is 14.9 Å². The molecule has 0 radical (unpaired) electrons. The molecule has 34 heavy (non-hydrogen) atoms. The van der Waals surface area contributed by atoms with Crippen molar-refractivity contribution in [2.45, 2.75) is 33.1 Å². The van der Waals surface area contributed by atoms with Crippen LogP contribution in [-0.2, 0) is 4.79 Å². The fourth-order valence-electron chi connectivity index (χ4n) is 4.85. The third-order valence-electron chi connectivity index (χ3n) is 6.27. The van der Waals surface area contributed by atoms with Gasteiger partial charge in [0.05, 0.1) is 23.4 Å². The topological polar surface area (TPSA) is 119 Å². The number of anilines is 1. The molecular formula is C23H20FN9O. The number of rotatable bonds is 3. The SMILES string of the molecule is Cc1nn(-c2ccc(F)cc2)c(C)c1C1CC(=O)Nc2c1c(C)nn2-c1ncnc2nc[nH]c12. The molecule has 1 atom stereocenters. The van der Waals surface area contributed by atoms with Gasteiger partial charge >= 0.3 is 0 Å². The lowest BCUT2D eigenvalue weighted by Gasteiger charge is -2.24. The number of imidazole rings is 1. The van der Waals surface area contributed by atoms with Crippen molar-refractivity contribution in [3.8, 4) is 11.5 Å². The lowest BCUT2D eigenvalue weighted by molar-refractivity contribution is -0.116.